The van der Waals surface area contributed by atoms with Gasteiger partial charge in [-0.1, -0.05) is 19.8 Å². The largest absolute Gasteiger partial charge is 0.356 e. The van der Waals surface area contributed by atoms with Crippen molar-refractivity contribution in [1.29, 1.82) is 0 Å². The van der Waals surface area contributed by atoms with Crippen LogP contribution < -0.4 is 10.6 Å². The lowest BCUT2D eigenvalue weighted by atomic mass is 10.2. The van der Waals surface area contributed by atoms with Crippen LogP contribution in [0.1, 0.15) is 31.1 Å². The highest BCUT2D eigenvalue weighted by Gasteiger charge is 1.99. The molecule has 0 bridgehead atoms. The summed E-state index contributed by atoms with van der Waals surface area (Å²) in [4.78, 5) is 5.60. The van der Waals surface area contributed by atoms with Gasteiger partial charge in [0.1, 0.15) is 0 Å². The van der Waals surface area contributed by atoms with Crippen molar-refractivity contribution < 1.29 is 0 Å². The normalized spacial score (nSPS) is 11.6. The molecule has 0 saturated carbocycles. The van der Waals surface area contributed by atoms with E-state index in [0.29, 0.717) is 0 Å². The number of nitrogens with zero attached hydrogens (tertiary/aromatic N) is 1. The number of thiophene rings is 1. The third-order valence-corrected chi connectivity index (χ3v) is 4.27. The minimum absolute atomic E-state index is 0.904. The lowest BCUT2D eigenvalue weighted by Crippen LogP contribution is -2.38. The molecule has 0 aromatic carbocycles. The number of aliphatic imine (C=N–C) groups is 1. The summed E-state index contributed by atoms with van der Waals surface area (Å²) in [5, 5.41) is 6.66. The van der Waals surface area contributed by atoms with Gasteiger partial charge in [-0.2, -0.15) is 0 Å². The smallest absolute Gasteiger partial charge is 0.190 e. The quantitative estimate of drug-likeness (QED) is 0.456. The third-order valence-electron chi connectivity index (χ3n) is 2.59. The maximum absolute atomic E-state index is 4.21. The van der Waals surface area contributed by atoms with E-state index < -0.39 is 0 Å². The first kappa shape index (κ1) is 15.5. The van der Waals surface area contributed by atoms with Crippen molar-refractivity contribution in [2.75, 3.05) is 20.1 Å². The van der Waals surface area contributed by atoms with Crippen molar-refractivity contribution in [3.05, 3.63) is 20.8 Å². The first-order chi connectivity index (χ1) is 8.76. The Kier molecular flexibility index (Phi) is 8.09. The molecule has 102 valence electrons. The van der Waals surface area contributed by atoms with Crippen molar-refractivity contribution >= 4 is 33.2 Å². The van der Waals surface area contributed by atoms with Gasteiger partial charge in [0.15, 0.2) is 5.96 Å². The maximum atomic E-state index is 4.21. The van der Waals surface area contributed by atoms with Crippen LogP contribution in [0.25, 0.3) is 0 Å². The fraction of sp³-hybridized carbons (Fsp3) is 0.615. The molecule has 1 rings (SSSR count). The molecule has 0 amide bonds. The minimum Gasteiger partial charge on any atom is -0.356 e. The van der Waals surface area contributed by atoms with E-state index >= 15 is 0 Å². The van der Waals surface area contributed by atoms with Crippen LogP contribution in [0.5, 0.6) is 0 Å². The molecule has 0 atom stereocenters. The first-order valence-electron chi connectivity index (χ1n) is 6.45. The molecule has 0 aliphatic rings. The molecule has 5 heteroatoms. The summed E-state index contributed by atoms with van der Waals surface area (Å²) in [7, 11) is 1.82. The topological polar surface area (TPSA) is 36.4 Å². The van der Waals surface area contributed by atoms with Crippen LogP contribution in [-0.2, 0) is 6.42 Å². The Morgan fingerprint density at radius 2 is 2.06 bits per heavy atom. The predicted molar refractivity (Wildman–Crippen MR) is 84.6 cm³/mol. The van der Waals surface area contributed by atoms with Crippen LogP contribution >= 0.6 is 27.3 Å². The minimum atomic E-state index is 0.904. The van der Waals surface area contributed by atoms with E-state index in [-0.39, 0.29) is 0 Å². The number of nitrogens with one attached hydrogen (secondary N) is 2. The molecule has 2 N–H and O–H groups in total. The second-order valence-corrected chi connectivity index (χ2v) is 6.64. The van der Waals surface area contributed by atoms with Crippen LogP contribution in [0.3, 0.4) is 0 Å². The molecule has 0 radical (unpaired) electrons. The molecule has 0 aliphatic heterocycles. The van der Waals surface area contributed by atoms with Crippen molar-refractivity contribution in [2.45, 2.75) is 32.6 Å². The van der Waals surface area contributed by atoms with Crippen molar-refractivity contribution in [2.24, 2.45) is 4.99 Å². The molecule has 18 heavy (non-hydrogen) atoms. The predicted octanol–water partition coefficient (Wildman–Crippen LogP) is 3.41. The molecule has 0 fully saturated rings. The zero-order valence-corrected chi connectivity index (χ0v) is 13.5. The summed E-state index contributed by atoms with van der Waals surface area (Å²) in [5.74, 6) is 0.904. The zero-order valence-electron chi connectivity index (χ0n) is 11.1. The lowest BCUT2D eigenvalue weighted by molar-refractivity contribution is 0.682. The van der Waals surface area contributed by atoms with Crippen molar-refractivity contribution in [1.82, 2.24) is 10.6 Å². The molecule has 0 unspecified atom stereocenters. The van der Waals surface area contributed by atoms with E-state index in [1.54, 1.807) is 11.3 Å². The first-order valence-corrected chi connectivity index (χ1v) is 8.06. The maximum Gasteiger partial charge on any atom is 0.190 e. The molecule has 3 nitrogen and oxygen atoms in total. The van der Waals surface area contributed by atoms with E-state index in [9.17, 15) is 0 Å². The molecule has 0 spiro atoms. The van der Waals surface area contributed by atoms with Gasteiger partial charge in [-0.25, -0.2) is 0 Å². The van der Waals surface area contributed by atoms with Crippen LogP contribution in [0.2, 0.25) is 0 Å². The molecule has 1 heterocycles. The average Bonchev–Trinajstić information content (AvgIpc) is 2.78. The summed E-state index contributed by atoms with van der Waals surface area (Å²) >= 11 is 5.27. The van der Waals surface area contributed by atoms with E-state index in [4.69, 9.17) is 0 Å². The van der Waals surface area contributed by atoms with Crippen LogP contribution in [0, 0.1) is 0 Å². The van der Waals surface area contributed by atoms with Crippen molar-refractivity contribution in [3.63, 3.8) is 0 Å². The number of halogens is 1. The Morgan fingerprint density at radius 3 is 2.67 bits per heavy atom. The van der Waals surface area contributed by atoms with E-state index in [1.165, 1.54) is 27.9 Å². The second kappa shape index (κ2) is 9.39. The molecule has 0 aliphatic carbocycles. The third kappa shape index (κ3) is 6.40. The fourth-order valence-electron chi connectivity index (χ4n) is 1.59. The number of hydrogen-bond donors (Lipinski definition) is 2. The summed E-state index contributed by atoms with van der Waals surface area (Å²) < 4.78 is 1.19. The standard InChI is InChI=1S/C13H22BrN3S/c1-3-4-5-9-16-13(15-2)17-10-8-11-6-7-12(14)18-11/h6-7H,3-5,8-10H2,1-2H3,(H2,15,16,17). The summed E-state index contributed by atoms with van der Waals surface area (Å²) in [6.45, 7) is 4.13. The summed E-state index contributed by atoms with van der Waals surface area (Å²) in [5.41, 5.74) is 0. The Bertz CT molecular complexity index is 363. The summed E-state index contributed by atoms with van der Waals surface area (Å²) in [6.07, 6.45) is 4.76. The van der Waals surface area contributed by atoms with Crippen LogP contribution in [-0.4, -0.2) is 26.1 Å². The van der Waals surface area contributed by atoms with Gasteiger partial charge in [-0.15, -0.1) is 11.3 Å². The molecular formula is C13H22BrN3S. The van der Waals surface area contributed by atoms with Gasteiger partial charge in [-0.05, 0) is 40.9 Å². The van der Waals surface area contributed by atoms with Crippen LogP contribution in [0.15, 0.2) is 20.9 Å². The van der Waals surface area contributed by atoms with E-state index in [1.807, 2.05) is 7.05 Å². The molecule has 1 aromatic rings. The second-order valence-electron chi connectivity index (χ2n) is 4.09. The highest BCUT2D eigenvalue weighted by molar-refractivity contribution is 9.11. The van der Waals surface area contributed by atoms with Gasteiger partial charge in [0.25, 0.3) is 0 Å². The van der Waals surface area contributed by atoms with Crippen LogP contribution in [0.4, 0.5) is 0 Å². The molecular weight excluding hydrogens is 310 g/mol. The van der Waals surface area contributed by atoms with Gasteiger partial charge in [0.05, 0.1) is 3.79 Å². The van der Waals surface area contributed by atoms with E-state index in [2.05, 4.69) is 50.6 Å². The average molecular weight is 332 g/mol. The number of hydrogen-bond acceptors (Lipinski definition) is 2. The number of guanidine groups is 1. The zero-order chi connectivity index (χ0) is 13.2. The molecule has 1 aromatic heterocycles. The van der Waals surface area contributed by atoms with Gasteiger partial charge in [0.2, 0.25) is 0 Å². The highest BCUT2D eigenvalue weighted by atomic mass is 79.9. The SMILES string of the molecule is CCCCCNC(=NC)NCCc1ccc(Br)s1. The van der Waals surface area contributed by atoms with Gasteiger partial charge in [0, 0.05) is 25.0 Å². The Balaban J connectivity index is 2.15. The van der Waals surface area contributed by atoms with Gasteiger partial charge in [-0.3, -0.25) is 4.99 Å². The number of rotatable bonds is 7. The number of unbranched alkanes of at least 4 members (excludes halogenated alkanes) is 2. The Morgan fingerprint density at radius 1 is 1.28 bits per heavy atom. The highest BCUT2D eigenvalue weighted by Crippen LogP contribution is 2.21. The van der Waals surface area contributed by atoms with Crippen molar-refractivity contribution in [3.8, 4) is 0 Å². The summed E-state index contributed by atoms with van der Waals surface area (Å²) in [6, 6.07) is 4.26. The fourth-order valence-corrected chi connectivity index (χ4v) is 3.08. The lowest BCUT2D eigenvalue weighted by Gasteiger charge is -2.11. The Hall–Kier alpha value is -0.550. The Labute approximate surface area is 122 Å². The van der Waals surface area contributed by atoms with E-state index in [0.717, 1.165) is 25.5 Å². The molecule has 0 saturated heterocycles. The van der Waals surface area contributed by atoms with Gasteiger partial charge >= 0.3 is 0 Å². The monoisotopic (exact) mass is 331 g/mol. The van der Waals surface area contributed by atoms with Gasteiger partial charge < -0.3 is 10.6 Å².